The van der Waals surface area contributed by atoms with Gasteiger partial charge in [0.15, 0.2) is 0 Å². The third kappa shape index (κ3) is 5.27. The molecule has 0 unspecified atom stereocenters. The van der Waals surface area contributed by atoms with Crippen LogP contribution in [0.1, 0.15) is 37.1 Å². The number of hydrogen-bond donors (Lipinski definition) is 2. The van der Waals surface area contributed by atoms with Crippen LogP contribution in [-0.4, -0.2) is 45.8 Å². The summed E-state index contributed by atoms with van der Waals surface area (Å²) in [6.45, 7) is 0.498. The Morgan fingerprint density at radius 2 is 2.03 bits per heavy atom. The van der Waals surface area contributed by atoms with E-state index in [4.69, 9.17) is 11.6 Å². The van der Waals surface area contributed by atoms with E-state index >= 15 is 0 Å². The minimum atomic E-state index is -0.412. The monoisotopic (exact) mass is 456 g/mol. The van der Waals surface area contributed by atoms with Crippen molar-refractivity contribution < 1.29 is 14.0 Å². The van der Waals surface area contributed by atoms with Crippen LogP contribution in [0.5, 0.6) is 0 Å². The van der Waals surface area contributed by atoms with Crippen LogP contribution in [0.4, 0.5) is 4.39 Å². The Kier molecular flexibility index (Phi) is 6.46. The van der Waals surface area contributed by atoms with Gasteiger partial charge in [-0.25, -0.2) is 9.37 Å². The SMILES string of the molecule is CN(CCc1nc2ccc(F)cc2[nH]1)C(=O)CC[C@@]1(Cc2ccc(Cl)cc2)CCC(=O)N1. The molecule has 32 heavy (non-hydrogen) atoms. The van der Waals surface area contributed by atoms with Gasteiger partial charge in [-0.3, -0.25) is 9.59 Å². The van der Waals surface area contributed by atoms with Gasteiger partial charge in [0.1, 0.15) is 11.6 Å². The van der Waals surface area contributed by atoms with E-state index < -0.39 is 5.54 Å². The second-order valence-electron chi connectivity index (χ2n) is 8.54. The number of rotatable bonds is 8. The fraction of sp³-hybridized carbons (Fsp3) is 0.375. The van der Waals surface area contributed by atoms with Gasteiger partial charge in [-0.05, 0) is 55.2 Å². The molecule has 0 aliphatic carbocycles. The van der Waals surface area contributed by atoms with Crippen molar-refractivity contribution in [1.82, 2.24) is 20.2 Å². The second-order valence-corrected chi connectivity index (χ2v) is 8.98. The van der Waals surface area contributed by atoms with E-state index in [9.17, 15) is 14.0 Å². The molecule has 0 saturated carbocycles. The summed E-state index contributed by atoms with van der Waals surface area (Å²) in [7, 11) is 1.77. The van der Waals surface area contributed by atoms with Crippen LogP contribution in [0.2, 0.25) is 5.02 Å². The summed E-state index contributed by atoms with van der Waals surface area (Å²) in [5.41, 5.74) is 2.02. The first-order valence-corrected chi connectivity index (χ1v) is 11.1. The second kappa shape index (κ2) is 9.28. The lowest BCUT2D eigenvalue weighted by Gasteiger charge is -2.30. The highest BCUT2D eigenvalue weighted by Gasteiger charge is 2.38. The number of halogens is 2. The summed E-state index contributed by atoms with van der Waals surface area (Å²) in [6.07, 6.45) is 3.32. The number of likely N-dealkylation sites (N-methyl/N-ethyl adjacent to an activating group) is 1. The van der Waals surface area contributed by atoms with Gasteiger partial charge in [0, 0.05) is 43.4 Å². The van der Waals surface area contributed by atoms with Crippen molar-refractivity contribution in [1.29, 1.82) is 0 Å². The number of imidazole rings is 1. The Morgan fingerprint density at radius 1 is 1.25 bits per heavy atom. The zero-order valence-corrected chi connectivity index (χ0v) is 18.7. The fourth-order valence-corrected chi connectivity index (χ4v) is 4.39. The molecule has 168 valence electrons. The van der Waals surface area contributed by atoms with Crippen molar-refractivity contribution in [3.8, 4) is 0 Å². The fourth-order valence-electron chi connectivity index (χ4n) is 4.26. The minimum absolute atomic E-state index is 0.0174. The number of carbonyl (C=O) groups excluding carboxylic acids is 2. The zero-order chi connectivity index (χ0) is 22.7. The van der Waals surface area contributed by atoms with E-state index in [-0.39, 0.29) is 17.6 Å². The van der Waals surface area contributed by atoms with E-state index in [0.717, 1.165) is 5.56 Å². The Labute approximate surface area is 191 Å². The van der Waals surface area contributed by atoms with Gasteiger partial charge < -0.3 is 15.2 Å². The normalized spacial score (nSPS) is 18.2. The van der Waals surface area contributed by atoms with Crippen LogP contribution in [0.3, 0.4) is 0 Å². The number of benzene rings is 2. The average Bonchev–Trinajstić information content (AvgIpc) is 3.34. The molecule has 6 nitrogen and oxygen atoms in total. The average molecular weight is 457 g/mol. The Morgan fingerprint density at radius 3 is 2.75 bits per heavy atom. The molecule has 0 bridgehead atoms. The van der Waals surface area contributed by atoms with E-state index in [0.29, 0.717) is 67.0 Å². The number of carbonyl (C=O) groups is 2. The van der Waals surface area contributed by atoms with Crippen LogP contribution >= 0.6 is 11.6 Å². The van der Waals surface area contributed by atoms with Crippen molar-refractivity contribution in [3.05, 3.63) is 64.7 Å². The Bertz CT molecular complexity index is 1130. The van der Waals surface area contributed by atoms with Gasteiger partial charge in [-0.1, -0.05) is 23.7 Å². The summed E-state index contributed by atoms with van der Waals surface area (Å²) in [5, 5.41) is 3.78. The molecule has 0 spiro atoms. The van der Waals surface area contributed by atoms with Crippen molar-refractivity contribution in [2.24, 2.45) is 0 Å². The molecule has 4 rings (SSSR count). The lowest BCUT2D eigenvalue weighted by molar-refractivity contribution is -0.130. The number of H-pyrrole nitrogens is 1. The highest BCUT2D eigenvalue weighted by molar-refractivity contribution is 6.30. The molecule has 1 aromatic heterocycles. The van der Waals surface area contributed by atoms with Gasteiger partial charge in [-0.15, -0.1) is 0 Å². The minimum Gasteiger partial charge on any atom is -0.350 e. The van der Waals surface area contributed by atoms with Gasteiger partial charge in [0.2, 0.25) is 11.8 Å². The maximum Gasteiger partial charge on any atom is 0.222 e. The summed E-state index contributed by atoms with van der Waals surface area (Å²) in [5.74, 6) is 0.448. The number of fused-ring (bicyclic) bond motifs is 1. The number of hydrogen-bond acceptors (Lipinski definition) is 3. The summed E-state index contributed by atoms with van der Waals surface area (Å²) >= 11 is 5.98. The molecular formula is C24H26ClFN4O2. The van der Waals surface area contributed by atoms with E-state index in [1.807, 2.05) is 24.3 Å². The third-order valence-corrected chi connectivity index (χ3v) is 6.36. The topological polar surface area (TPSA) is 78.1 Å². The molecular weight excluding hydrogens is 431 g/mol. The maximum absolute atomic E-state index is 13.4. The van der Waals surface area contributed by atoms with Crippen LogP contribution in [0, 0.1) is 5.82 Å². The van der Waals surface area contributed by atoms with E-state index in [2.05, 4.69) is 15.3 Å². The molecule has 2 amide bonds. The number of nitrogens with zero attached hydrogens (tertiary/aromatic N) is 2. The Balaban J connectivity index is 1.33. The molecule has 2 aromatic carbocycles. The molecule has 2 heterocycles. The van der Waals surface area contributed by atoms with Gasteiger partial charge in [-0.2, -0.15) is 0 Å². The van der Waals surface area contributed by atoms with Crippen molar-refractivity contribution in [2.45, 2.75) is 44.1 Å². The summed E-state index contributed by atoms with van der Waals surface area (Å²) in [4.78, 5) is 34.0. The lowest BCUT2D eigenvalue weighted by Crippen LogP contribution is -2.44. The van der Waals surface area contributed by atoms with Crippen LogP contribution in [-0.2, 0) is 22.4 Å². The summed E-state index contributed by atoms with van der Waals surface area (Å²) in [6, 6.07) is 12.0. The van der Waals surface area contributed by atoms with Gasteiger partial charge in [0.25, 0.3) is 0 Å². The molecule has 1 aliphatic rings. The number of aromatic amines is 1. The van der Waals surface area contributed by atoms with Crippen LogP contribution < -0.4 is 5.32 Å². The highest BCUT2D eigenvalue weighted by Crippen LogP contribution is 2.30. The first kappa shape index (κ1) is 22.3. The molecule has 2 N–H and O–H groups in total. The van der Waals surface area contributed by atoms with Crippen molar-refractivity contribution >= 4 is 34.4 Å². The molecule has 1 saturated heterocycles. The van der Waals surface area contributed by atoms with Crippen molar-refractivity contribution in [3.63, 3.8) is 0 Å². The molecule has 1 aliphatic heterocycles. The van der Waals surface area contributed by atoms with E-state index in [1.165, 1.54) is 12.1 Å². The number of aromatic nitrogens is 2. The first-order chi connectivity index (χ1) is 15.3. The predicted octanol–water partition coefficient (Wildman–Crippen LogP) is 4.03. The standard InChI is InChI=1S/C24H26ClFN4O2/c1-30(13-10-21-27-19-7-6-18(26)14-20(19)28-21)23(32)9-12-24(11-8-22(31)29-24)15-16-2-4-17(25)5-3-16/h2-7,14H,8-13,15H2,1H3,(H,27,28)(H,29,31)/t24-/m1/s1. The third-order valence-electron chi connectivity index (χ3n) is 6.11. The molecule has 1 atom stereocenters. The smallest absolute Gasteiger partial charge is 0.222 e. The van der Waals surface area contributed by atoms with Gasteiger partial charge in [0.05, 0.1) is 11.0 Å². The predicted molar refractivity (Wildman–Crippen MR) is 122 cm³/mol. The maximum atomic E-state index is 13.4. The zero-order valence-electron chi connectivity index (χ0n) is 18.0. The first-order valence-electron chi connectivity index (χ1n) is 10.8. The quantitative estimate of drug-likeness (QED) is 0.537. The molecule has 1 fully saturated rings. The van der Waals surface area contributed by atoms with Gasteiger partial charge >= 0.3 is 0 Å². The number of nitrogens with one attached hydrogen (secondary N) is 2. The number of amides is 2. The molecule has 3 aromatic rings. The van der Waals surface area contributed by atoms with Crippen LogP contribution in [0.25, 0.3) is 11.0 Å². The van der Waals surface area contributed by atoms with Crippen molar-refractivity contribution in [2.75, 3.05) is 13.6 Å². The van der Waals surface area contributed by atoms with Crippen LogP contribution in [0.15, 0.2) is 42.5 Å². The lowest BCUT2D eigenvalue weighted by atomic mass is 9.85. The Hall–Kier alpha value is -2.93. The van der Waals surface area contributed by atoms with E-state index in [1.54, 1.807) is 18.0 Å². The molecule has 8 heteroatoms. The summed E-state index contributed by atoms with van der Waals surface area (Å²) < 4.78 is 13.4. The largest absolute Gasteiger partial charge is 0.350 e. The molecule has 0 radical (unpaired) electrons. The highest BCUT2D eigenvalue weighted by atomic mass is 35.5.